The maximum atomic E-state index is 12.2. The van der Waals surface area contributed by atoms with E-state index in [9.17, 15) is 9.59 Å². The summed E-state index contributed by atoms with van der Waals surface area (Å²) < 4.78 is 0.926. The smallest absolute Gasteiger partial charge is 0.244 e. The minimum absolute atomic E-state index is 0.0768. The van der Waals surface area contributed by atoms with Crippen LogP contribution in [0.2, 0.25) is 5.02 Å². The topological polar surface area (TPSA) is 49.4 Å². The number of carbonyl (C=O) groups excluding carboxylic acids is 2. The maximum Gasteiger partial charge on any atom is 0.244 e. The molecule has 0 unspecified atom stereocenters. The zero-order chi connectivity index (χ0) is 17.0. The summed E-state index contributed by atoms with van der Waals surface area (Å²) in [5, 5.41) is 3.33. The molecule has 1 N–H and O–H groups in total. The molecule has 2 amide bonds. The third-order valence-corrected chi connectivity index (χ3v) is 4.28. The maximum absolute atomic E-state index is 12.2. The van der Waals surface area contributed by atoms with Gasteiger partial charge in [-0.05, 0) is 48.9 Å². The highest BCUT2D eigenvalue weighted by Gasteiger charge is 2.18. The number of carbonyl (C=O) groups is 2. The number of nitrogens with one attached hydrogen (secondary N) is 1. The van der Waals surface area contributed by atoms with Crippen molar-refractivity contribution in [3.05, 3.63) is 57.5 Å². The fraction of sp³-hybridized carbons (Fsp3) is 0.176. The van der Waals surface area contributed by atoms with Gasteiger partial charge in [-0.15, -0.1) is 0 Å². The Kier molecular flexibility index (Phi) is 5.80. The molecule has 2 rings (SSSR count). The lowest BCUT2D eigenvalue weighted by Crippen LogP contribution is -2.37. The first-order chi connectivity index (χ1) is 10.9. The molecule has 2 aromatic rings. The molecule has 23 heavy (non-hydrogen) atoms. The van der Waals surface area contributed by atoms with Crippen molar-refractivity contribution in [3.63, 3.8) is 0 Å². The minimum Gasteiger partial charge on any atom is -0.325 e. The van der Waals surface area contributed by atoms with E-state index in [0.29, 0.717) is 16.4 Å². The SMILES string of the molecule is CC(=O)N(CC(=O)Nc1ccc(Br)cc1)c1cccc(Cl)c1C. The van der Waals surface area contributed by atoms with E-state index in [1.54, 1.807) is 30.3 Å². The fourth-order valence-corrected chi connectivity index (χ4v) is 2.57. The lowest BCUT2D eigenvalue weighted by Gasteiger charge is -2.23. The van der Waals surface area contributed by atoms with Gasteiger partial charge in [0.25, 0.3) is 0 Å². The average molecular weight is 396 g/mol. The molecule has 0 atom stereocenters. The number of halogens is 2. The highest BCUT2D eigenvalue weighted by atomic mass is 79.9. The molecule has 0 heterocycles. The summed E-state index contributed by atoms with van der Waals surface area (Å²) in [4.78, 5) is 25.6. The van der Waals surface area contributed by atoms with Gasteiger partial charge in [-0.1, -0.05) is 33.6 Å². The third kappa shape index (κ3) is 4.56. The predicted molar refractivity (Wildman–Crippen MR) is 97.0 cm³/mol. The Morgan fingerprint density at radius 1 is 1.17 bits per heavy atom. The Balaban J connectivity index is 2.16. The van der Waals surface area contributed by atoms with E-state index >= 15 is 0 Å². The van der Waals surface area contributed by atoms with Gasteiger partial charge in [-0.2, -0.15) is 0 Å². The molecule has 120 valence electrons. The highest BCUT2D eigenvalue weighted by Crippen LogP contribution is 2.26. The highest BCUT2D eigenvalue weighted by molar-refractivity contribution is 9.10. The summed E-state index contributed by atoms with van der Waals surface area (Å²) in [7, 11) is 0. The van der Waals surface area contributed by atoms with Crippen LogP contribution in [0.1, 0.15) is 12.5 Å². The molecule has 0 bridgehead atoms. The molecule has 0 spiro atoms. The standard InChI is InChI=1S/C17H16BrClN2O2/c1-11-15(19)4-3-5-16(11)21(12(2)22)10-17(23)20-14-8-6-13(18)7-9-14/h3-9H,10H2,1-2H3,(H,20,23). The van der Waals surface area contributed by atoms with E-state index < -0.39 is 0 Å². The fourth-order valence-electron chi connectivity index (χ4n) is 2.13. The van der Waals surface area contributed by atoms with Crippen LogP contribution >= 0.6 is 27.5 Å². The Hall–Kier alpha value is -1.85. The second-order valence-corrected chi connectivity index (χ2v) is 6.37. The van der Waals surface area contributed by atoms with E-state index in [1.807, 2.05) is 19.1 Å². The Morgan fingerprint density at radius 2 is 1.83 bits per heavy atom. The molecular formula is C17H16BrClN2O2. The molecule has 0 fully saturated rings. The third-order valence-electron chi connectivity index (χ3n) is 3.34. The van der Waals surface area contributed by atoms with Gasteiger partial charge in [-0.3, -0.25) is 9.59 Å². The summed E-state index contributed by atoms with van der Waals surface area (Å²) in [5.41, 5.74) is 2.07. The van der Waals surface area contributed by atoms with Crippen LogP contribution in [0.25, 0.3) is 0 Å². The van der Waals surface area contributed by atoms with E-state index in [1.165, 1.54) is 11.8 Å². The van der Waals surface area contributed by atoms with Gasteiger partial charge in [0.2, 0.25) is 11.8 Å². The Bertz CT molecular complexity index is 732. The molecule has 4 nitrogen and oxygen atoms in total. The van der Waals surface area contributed by atoms with Gasteiger partial charge in [0.15, 0.2) is 0 Å². The molecular weight excluding hydrogens is 380 g/mol. The van der Waals surface area contributed by atoms with Crippen molar-refractivity contribution < 1.29 is 9.59 Å². The molecule has 0 aliphatic carbocycles. The Morgan fingerprint density at radius 3 is 2.43 bits per heavy atom. The van der Waals surface area contributed by atoms with E-state index in [2.05, 4.69) is 21.2 Å². The summed E-state index contributed by atoms with van der Waals surface area (Å²) in [5.74, 6) is -0.497. The van der Waals surface area contributed by atoms with Gasteiger partial charge in [-0.25, -0.2) is 0 Å². The van der Waals surface area contributed by atoms with Crippen molar-refractivity contribution in [2.75, 3.05) is 16.8 Å². The van der Waals surface area contributed by atoms with Crippen LogP contribution in [0.4, 0.5) is 11.4 Å². The van der Waals surface area contributed by atoms with Crippen LogP contribution in [-0.2, 0) is 9.59 Å². The van der Waals surface area contributed by atoms with E-state index in [-0.39, 0.29) is 18.4 Å². The number of hydrogen-bond donors (Lipinski definition) is 1. The molecule has 0 aliphatic heterocycles. The molecule has 0 saturated carbocycles. The lowest BCUT2D eigenvalue weighted by atomic mass is 10.1. The first-order valence-electron chi connectivity index (χ1n) is 6.97. The van der Waals surface area contributed by atoms with Crippen LogP contribution in [0.5, 0.6) is 0 Å². The van der Waals surface area contributed by atoms with Crippen LogP contribution in [-0.4, -0.2) is 18.4 Å². The molecule has 0 saturated heterocycles. The summed E-state index contributed by atoms with van der Waals surface area (Å²) >= 11 is 9.44. The predicted octanol–water partition coefficient (Wildman–Crippen LogP) is 4.40. The number of anilines is 2. The molecule has 0 radical (unpaired) electrons. The summed E-state index contributed by atoms with van der Waals surface area (Å²) in [6.07, 6.45) is 0. The van der Waals surface area contributed by atoms with Crippen LogP contribution < -0.4 is 10.2 Å². The van der Waals surface area contributed by atoms with Gasteiger partial charge >= 0.3 is 0 Å². The van der Waals surface area contributed by atoms with Crippen LogP contribution in [0, 0.1) is 6.92 Å². The lowest BCUT2D eigenvalue weighted by molar-refractivity contribution is -0.120. The number of nitrogens with zero attached hydrogens (tertiary/aromatic N) is 1. The van der Waals surface area contributed by atoms with Crippen molar-refractivity contribution in [1.29, 1.82) is 0 Å². The van der Waals surface area contributed by atoms with Crippen LogP contribution in [0.15, 0.2) is 46.9 Å². The molecule has 2 aromatic carbocycles. The van der Waals surface area contributed by atoms with Crippen molar-refractivity contribution in [2.45, 2.75) is 13.8 Å². The largest absolute Gasteiger partial charge is 0.325 e. The quantitative estimate of drug-likeness (QED) is 0.834. The monoisotopic (exact) mass is 394 g/mol. The van der Waals surface area contributed by atoms with Gasteiger partial charge in [0, 0.05) is 27.8 Å². The number of rotatable bonds is 4. The summed E-state index contributed by atoms with van der Waals surface area (Å²) in [6, 6.07) is 12.5. The van der Waals surface area contributed by atoms with Gasteiger partial charge in [0.05, 0.1) is 0 Å². The molecule has 6 heteroatoms. The first-order valence-corrected chi connectivity index (χ1v) is 8.14. The van der Waals surface area contributed by atoms with Crippen molar-refractivity contribution >= 4 is 50.7 Å². The van der Waals surface area contributed by atoms with Gasteiger partial charge < -0.3 is 10.2 Å². The Labute approximate surface area is 148 Å². The zero-order valence-electron chi connectivity index (χ0n) is 12.8. The summed E-state index contributed by atoms with van der Waals surface area (Å²) in [6.45, 7) is 3.17. The number of benzene rings is 2. The van der Waals surface area contributed by atoms with E-state index in [0.717, 1.165) is 10.0 Å². The van der Waals surface area contributed by atoms with Crippen molar-refractivity contribution in [2.24, 2.45) is 0 Å². The number of amides is 2. The normalized spacial score (nSPS) is 10.3. The van der Waals surface area contributed by atoms with Gasteiger partial charge in [0.1, 0.15) is 6.54 Å². The van der Waals surface area contributed by atoms with Crippen molar-refractivity contribution in [3.8, 4) is 0 Å². The zero-order valence-corrected chi connectivity index (χ0v) is 15.1. The van der Waals surface area contributed by atoms with Crippen molar-refractivity contribution in [1.82, 2.24) is 0 Å². The molecule has 0 aliphatic rings. The van der Waals surface area contributed by atoms with E-state index in [4.69, 9.17) is 11.6 Å². The number of hydrogen-bond acceptors (Lipinski definition) is 2. The minimum atomic E-state index is -0.276. The first kappa shape index (κ1) is 17.5. The second-order valence-electron chi connectivity index (χ2n) is 5.04. The molecule has 0 aromatic heterocycles. The average Bonchev–Trinajstić information content (AvgIpc) is 2.50. The second kappa shape index (κ2) is 7.62. The van der Waals surface area contributed by atoms with Crippen LogP contribution in [0.3, 0.4) is 0 Å².